The highest BCUT2D eigenvalue weighted by Crippen LogP contribution is 2.12. The molecule has 0 aromatic heterocycles. The highest BCUT2D eigenvalue weighted by atomic mass is 32.2. The summed E-state index contributed by atoms with van der Waals surface area (Å²) in [6.45, 7) is 3.92. The van der Waals surface area contributed by atoms with Crippen LogP contribution in [-0.2, 0) is 11.2 Å². The zero-order valence-corrected chi connectivity index (χ0v) is 7.79. The third-order valence-electron chi connectivity index (χ3n) is 1.44. The Hall–Kier alpha value is -0.470. The Balaban J connectivity index is 3.08. The topological polar surface area (TPSA) is 23.1 Å². The first-order valence-corrected chi connectivity index (χ1v) is 4.99. The monoisotopic (exact) mass is 167 g/mol. The van der Waals surface area contributed by atoms with Gasteiger partial charge in [-0.05, 0) is 54.3 Å². The Labute approximate surface area is 70.6 Å². The molecule has 0 aliphatic rings. The highest BCUT2D eigenvalue weighted by Gasteiger charge is 2.04. The standard InChI is InChI=1S/C9H11OS/c1-7-4-8(2)6-9(5-7)11(3)10/h5-6H,1-3H3. The van der Waals surface area contributed by atoms with E-state index < -0.39 is 11.2 Å². The van der Waals surface area contributed by atoms with E-state index in [2.05, 4.69) is 6.07 Å². The molecule has 0 amide bonds. The molecule has 1 rings (SSSR count). The van der Waals surface area contributed by atoms with Gasteiger partial charge in [-0.15, -0.1) is 0 Å². The molecule has 1 atom stereocenters. The SMILES string of the molecule is Cc1[c]c(C)cc([S+](C)[O-])c1. The molecule has 1 aromatic carbocycles. The molecule has 11 heavy (non-hydrogen) atoms. The van der Waals surface area contributed by atoms with E-state index in [0.29, 0.717) is 0 Å². The quantitative estimate of drug-likeness (QED) is 0.585. The molecule has 1 nitrogen and oxygen atoms in total. The van der Waals surface area contributed by atoms with Crippen molar-refractivity contribution in [1.82, 2.24) is 0 Å². The molecule has 0 aliphatic heterocycles. The Morgan fingerprint density at radius 2 is 1.73 bits per heavy atom. The Kier molecular flexibility index (Phi) is 2.58. The summed E-state index contributed by atoms with van der Waals surface area (Å²) in [4.78, 5) is 0.888. The minimum Gasteiger partial charge on any atom is -0.612 e. The Morgan fingerprint density at radius 1 is 1.27 bits per heavy atom. The predicted octanol–water partition coefficient (Wildman–Crippen LogP) is 1.84. The highest BCUT2D eigenvalue weighted by molar-refractivity contribution is 7.90. The Morgan fingerprint density at radius 3 is 2.09 bits per heavy atom. The maximum absolute atomic E-state index is 11.0. The molecule has 1 aromatic rings. The van der Waals surface area contributed by atoms with Gasteiger partial charge in [0, 0.05) is 0 Å². The van der Waals surface area contributed by atoms with Gasteiger partial charge in [-0.3, -0.25) is 0 Å². The van der Waals surface area contributed by atoms with E-state index in [1.165, 1.54) is 0 Å². The Bertz CT molecular complexity index is 235. The smallest absolute Gasteiger partial charge is 0.152 e. The third kappa shape index (κ3) is 2.24. The normalized spacial score (nSPS) is 13.1. The van der Waals surface area contributed by atoms with Crippen LogP contribution in [-0.4, -0.2) is 10.8 Å². The zero-order valence-electron chi connectivity index (χ0n) is 6.97. The van der Waals surface area contributed by atoms with Crippen LogP contribution in [0.3, 0.4) is 0 Å². The minimum atomic E-state index is -0.870. The molecule has 59 valence electrons. The van der Waals surface area contributed by atoms with Crippen LogP contribution in [0.1, 0.15) is 11.1 Å². The van der Waals surface area contributed by atoms with Crippen LogP contribution in [0, 0.1) is 19.9 Å². The lowest BCUT2D eigenvalue weighted by Crippen LogP contribution is -1.98. The van der Waals surface area contributed by atoms with Crippen LogP contribution in [0.15, 0.2) is 17.0 Å². The lowest BCUT2D eigenvalue weighted by atomic mass is 10.2. The van der Waals surface area contributed by atoms with Gasteiger partial charge < -0.3 is 4.55 Å². The van der Waals surface area contributed by atoms with E-state index in [0.717, 1.165) is 16.0 Å². The molecule has 0 bridgehead atoms. The van der Waals surface area contributed by atoms with Gasteiger partial charge in [0.05, 0.1) is 0 Å². The number of rotatable bonds is 1. The molecule has 0 heterocycles. The van der Waals surface area contributed by atoms with Gasteiger partial charge in [-0.1, -0.05) is 0 Å². The summed E-state index contributed by atoms with van der Waals surface area (Å²) in [7, 11) is 0. The molecule has 0 aliphatic carbocycles. The van der Waals surface area contributed by atoms with Gasteiger partial charge in [-0.2, -0.15) is 0 Å². The van der Waals surface area contributed by atoms with Crippen molar-refractivity contribution in [2.75, 3.05) is 6.26 Å². The van der Waals surface area contributed by atoms with Crippen molar-refractivity contribution in [3.63, 3.8) is 0 Å². The molecule has 0 saturated heterocycles. The van der Waals surface area contributed by atoms with Crippen molar-refractivity contribution in [2.24, 2.45) is 0 Å². The molecule has 0 N–H and O–H groups in total. The fourth-order valence-electron chi connectivity index (χ4n) is 1.02. The van der Waals surface area contributed by atoms with Crippen LogP contribution >= 0.6 is 0 Å². The third-order valence-corrected chi connectivity index (χ3v) is 2.34. The van der Waals surface area contributed by atoms with Crippen molar-refractivity contribution in [2.45, 2.75) is 18.7 Å². The van der Waals surface area contributed by atoms with Crippen molar-refractivity contribution < 1.29 is 4.55 Å². The average Bonchev–Trinajstić information content (AvgIpc) is 1.85. The number of hydrogen-bond acceptors (Lipinski definition) is 1. The lowest BCUT2D eigenvalue weighted by Gasteiger charge is -2.05. The first-order valence-electron chi connectivity index (χ1n) is 3.43. The largest absolute Gasteiger partial charge is 0.612 e. The van der Waals surface area contributed by atoms with Crippen LogP contribution in [0.5, 0.6) is 0 Å². The molecule has 0 saturated carbocycles. The second-order valence-corrected chi connectivity index (χ2v) is 4.02. The van der Waals surface area contributed by atoms with E-state index in [4.69, 9.17) is 0 Å². The lowest BCUT2D eigenvalue weighted by molar-refractivity contribution is 0.600. The van der Waals surface area contributed by atoms with Gasteiger partial charge >= 0.3 is 0 Å². The molecular formula is C9H11OS. The zero-order chi connectivity index (χ0) is 8.43. The van der Waals surface area contributed by atoms with Gasteiger partial charge in [0.2, 0.25) is 0 Å². The van der Waals surface area contributed by atoms with Crippen molar-refractivity contribution >= 4 is 11.2 Å². The molecule has 1 unspecified atom stereocenters. The number of aryl methyl sites for hydroxylation is 2. The maximum atomic E-state index is 11.0. The van der Waals surface area contributed by atoms with Crippen molar-refractivity contribution in [1.29, 1.82) is 0 Å². The van der Waals surface area contributed by atoms with E-state index in [-0.39, 0.29) is 0 Å². The average molecular weight is 167 g/mol. The first kappa shape index (κ1) is 8.62. The summed E-state index contributed by atoms with van der Waals surface area (Å²) < 4.78 is 11.0. The summed E-state index contributed by atoms with van der Waals surface area (Å²) in [5.41, 5.74) is 2.10. The summed E-state index contributed by atoms with van der Waals surface area (Å²) in [6, 6.07) is 6.94. The molecule has 2 heteroatoms. The number of hydrogen-bond donors (Lipinski definition) is 0. The van der Waals surface area contributed by atoms with Gasteiger partial charge in [0.1, 0.15) is 6.26 Å². The fraction of sp³-hybridized carbons (Fsp3) is 0.333. The molecule has 0 spiro atoms. The summed E-state index contributed by atoms with van der Waals surface area (Å²) in [6.07, 6.45) is 1.69. The van der Waals surface area contributed by atoms with Crippen LogP contribution in [0.4, 0.5) is 0 Å². The van der Waals surface area contributed by atoms with Crippen molar-refractivity contribution in [3.8, 4) is 0 Å². The summed E-state index contributed by atoms with van der Waals surface area (Å²) in [5.74, 6) is 0. The maximum Gasteiger partial charge on any atom is 0.152 e. The molecule has 1 radical (unpaired) electrons. The van der Waals surface area contributed by atoms with E-state index in [1.807, 2.05) is 26.0 Å². The van der Waals surface area contributed by atoms with Gasteiger partial charge in [0.15, 0.2) is 4.90 Å². The summed E-state index contributed by atoms with van der Waals surface area (Å²) in [5, 5.41) is 0. The second-order valence-electron chi connectivity index (χ2n) is 2.64. The van der Waals surface area contributed by atoms with Crippen molar-refractivity contribution in [3.05, 3.63) is 29.3 Å². The molecular weight excluding hydrogens is 156 g/mol. The van der Waals surface area contributed by atoms with Crippen LogP contribution < -0.4 is 0 Å². The predicted molar refractivity (Wildman–Crippen MR) is 47.1 cm³/mol. The second kappa shape index (κ2) is 3.28. The van der Waals surface area contributed by atoms with E-state index in [1.54, 1.807) is 6.26 Å². The van der Waals surface area contributed by atoms with E-state index >= 15 is 0 Å². The fourth-order valence-corrected chi connectivity index (χ4v) is 1.70. The minimum absolute atomic E-state index is 0.870. The van der Waals surface area contributed by atoms with Gasteiger partial charge in [-0.25, -0.2) is 0 Å². The van der Waals surface area contributed by atoms with E-state index in [9.17, 15) is 4.55 Å². The van der Waals surface area contributed by atoms with Crippen LogP contribution in [0.2, 0.25) is 0 Å². The summed E-state index contributed by atoms with van der Waals surface area (Å²) >= 11 is -0.870. The first-order chi connectivity index (χ1) is 5.09. The molecule has 0 fully saturated rings. The van der Waals surface area contributed by atoms with Gasteiger partial charge in [0.25, 0.3) is 0 Å². The number of benzene rings is 1. The van der Waals surface area contributed by atoms with Crippen LogP contribution in [0.25, 0.3) is 0 Å².